The van der Waals surface area contributed by atoms with Crippen LogP contribution in [-0.2, 0) is 6.42 Å². The van der Waals surface area contributed by atoms with Crippen molar-refractivity contribution in [1.82, 2.24) is 4.98 Å². The van der Waals surface area contributed by atoms with Gasteiger partial charge in [0, 0.05) is 21.6 Å². The van der Waals surface area contributed by atoms with E-state index in [4.69, 9.17) is 17.3 Å². The van der Waals surface area contributed by atoms with E-state index in [0.29, 0.717) is 0 Å². The minimum atomic E-state index is 0.743. The smallest absolute Gasteiger partial charge is 0.0498 e. The summed E-state index contributed by atoms with van der Waals surface area (Å²) in [7, 11) is 0. The summed E-state index contributed by atoms with van der Waals surface area (Å²) in [6.07, 6.45) is 3.18. The number of nitrogens with one attached hydrogen (secondary N) is 1. The fourth-order valence-electron chi connectivity index (χ4n) is 3.27. The minimum absolute atomic E-state index is 0.743. The molecule has 0 saturated heterocycles. The summed E-state index contributed by atoms with van der Waals surface area (Å²) in [6.45, 7) is 5.08. The highest BCUT2D eigenvalue weighted by Gasteiger charge is 2.16. The molecule has 1 heterocycles. The van der Waals surface area contributed by atoms with Gasteiger partial charge in [0.05, 0.1) is 0 Å². The molecular weight excluding hydrogens is 304 g/mol. The Bertz CT molecular complexity index is 833. The Morgan fingerprint density at radius 3 is 2.57 bits per heavy atom. The van der Waals surface area contributed by atoms with Crippen LogP contribution >= 0.6 is 11.6 Å². The summed E-state index contributed by atoms with van der Waals surface area (Å²) in [5.41, 5.74) is 13.2. The van der Waals surface area contributed by atoms with E-state index < -0.39 is 0 Å². The molecule has 2 aromatic carbocycles. The summed E-state index contributed by atoms with van der Waals surface area (Å²) < 4.78 is 0. The van der Waals surface area contributed by atoms with Crippen molar-refractivity contribution >= 4 is 22.5 Å². The molecule has 0 amide bonds. The highest BCUT2D eigenvalue weighted by molar-refractivity contribution is 6.30. The lowest BCUT2D eigenvalue weighted by Crippen LogP contribution is -1.99. The van der Waals surface area contributed by atoms with Crippen LogP contribution in [-0.4, -0.2) is 11.5 Å². The van der Waals surface area contributed by atoms with Gasteiger partial charge in [0.2, 0.25) is 0 Å². The molecular formula is C20H23ClN2. The summed E-state index contributed by atoms with van der Waals surface area (Å²) in [4.78, 5) is 3.65. The molecule has 0 spiro atoms. The third-order valence-corrected chi connectivity index (χ3v) is 4.70. The van der Waals surface area contributed by atoms with Gasteiger partial charge in [-0.2, -0.15) is 0 Å². The lowest BCUT2D eigenvalue weighted by atomic mass is 9.97. The number of benzene rings is 2. The van der Waals surface area contributed by atoms with Crippen LogP contribution in [0.3, 0.4) is 0 Å². The molecule has 0 bridgehead atoms. The molecule has 3 rings (SSSR count). The molecule has 3 aromatic rings. The molecule has 0 unspecified atom stereocenters. The van der Waals surface area contributed by atoms with Crippen molar-refractivity contribution in [2.45, 2.75) is 33.1 Å². The summed E-state index contributed by atoms with van der Waals surface area (Å²) in [5, 5.41) is 2.12. The normalized spacial score (nSPS) is 11.3. The van der Waals surface area contributed by atoms with E-state index in [1.165, 1.54) is 33.3 Å². The predicted molar refractivity (Wildman–Crippen MR) is 100 cm³/mol. The van der Waals surface area contributed by atoms with Gasteiger partial charge in [-0.15, -0.1) is 0 Å². The third-order valence-electron chi connectivity index (χ3n) is 4.47. The van der Waals surface area contributed by atoms with Crippen LogP contribution in [0.15, 0.2) is 36.4 Å². The monoisotopic (exact) mass is 326 g/mol. The average molecular weight is 327 g/mol. The Balaban J connectivity index is 2.21. The number of H-pyrrole nitrogens is 1. The van der Waals surface area contributed by atoms with Crippen LogP contribution in [0.25, 0.3) is 22.2 Å². The largest absolute Gasteiger partial charge is 0.354 e. The lowest BCUT2D eigenvalue weighted by molar-refractivity contribution is 0.748. The summed E-state index contributed by atoms with van der Waals surface area (Å²) >= 11 is 6.20. The molecule has 0 aliphatic rings. The van der Waals surface area contributed by atoms with Crippen LogP contribution in [0.1, 0.15) is 29.5 Å². The minimum Gasteiger partial charge on any atom is -0.354 e. The van der Waals surface area contributed by atoms with E-state index >= 15 is 0 Å². The number of fused-ring (bicyclic) bond motifs is 1. The average Bonchev–Trinajstić information content (AvgIpc) is 2.92. The van der Waals surface area contributed by atoms with Gasteiger partial charge < -0.3 is 10.7 Å². The Kier molecular flexibility index (Phi) is 4.74. The zero-order valence-electron chi connectivity index (χ0n) is 13.7. The van der Waals surface area contributed by atoms with Crippen LogP contribution in [0, 0.1) is 13.8 Å². The first kappa shape index (κ1) is 16.1. The lowest BCUT2D eigenvalue weighted by Gasteiger charge is -2.07. The number of aromatic nitrogens is 1. The number of rotatable bonds is 5. The molecule has 0 aliphatic carbocycles. The van der Waals surface area contributed by atoms with E-state index in [2.05, 4.69) is 37.0 Å². The van der Waals surface area contributed by atoms with Crippen molar-refractivity contribution in [3.05, 3.63) is 58.1 Å². The van der Waals surface area contributed by atoms with Crippen molar-refractivity contribution < 1.29 is 0 Å². The Hall–Kier alpha value is -1.77. The standard InChI is InChI=1S/C20H23ClN2/c1-13-9-10-14(2)19-18(13)17(8-3-4-11-22)20(23-19)15-6-5-7-16(21)12-15/h5-7,9-10,12,23H,3-4,8,11,22H2,1-2H3. The van der Waals surface area contributed by atoms with Crippen molar-refractivity contribution in [2.24, 2.45) is 5.73 Å². The van der Waals surface area contributed by atoms with Crippen molar-refractivity contribution in [2.75, 3.05) is 6.54 Å². The highest BCUT2D eigenvalue weighted by atomic mass is 35.5. The fourth-order valence-corrected chi connectivity index (χ4v) is 3.46. The maximum Gasteiger partial charge on any atom is 0.0498 e. The maximum absolute atomic E-state index is 6.20. The summed E-state index contributed by atoms with van der Waals surface area (Å²) in [5.74, 6) is 0. The fraction of sp³-hybridized carbons (Fsp3) is 0.300. The van der Waals surface area contributed by atoms with Gasteiger partial charge in [-0.3, -0.25) is 0 Å². The Morgan fingerprint density at radius 2 is 1.83 bits per heavy atom. The number of aromatic amines is 1. The summed E-state index contributed by atoms with van der Waals surface area (Å²) in [6, 6.07) is 12.5. The van der Waals surface area contributed by atoms with E-state index in [9.17, 15) is 0 Å². The van der Waals surface area contributed by atoms with Gasteiger partial charge in [-0.25, -0.2) is 0 Å². The van der Waals surface area contributed by atoms with Gasteiger partial charge in [0.1, 0.15) is 0 Å². The zero-order chi connectivity index (χ0) is 16.4. The molecule has 3 N–H and O–H groups in total. The number of hydrogen-bond acceptors (Lipinski definition) is 1. The third kappa shape index (κ3) is 3.15. The number of halogens is 1. The quantitative estimate of drug-likeness (QED) is 0.607. The SMILES string of the molecule is Cc1ccc(C)c2c(CCCCN)c(-c3cccc(Cl)c3)[nH]c12. The number of aryl methyl sites for hydroxylation is 3. The van der Waals surface area contributed by atoms with Gasteiger partial charge in [-0.1, -0.05) is 35.9 Å². The van der Waals surface area contributed by atoms with Crippen LogP contribution in [0.2, 0.25) is 5.02 Å². The second-order valence-corrected chi connectivity index (χ2v) is 6.62. The van der Waals surface area contributed by atoms with Gasteiger partial charge in [-0.05, 0) is 74.0 Å². The predicted octanol–water partition coefficient (Wildman–Crippen LogP) is 5.39. The van der Waals surface area contributed by atoms with E-state index in [-0.39, 0.29) is 0 Å². The molecule has 120 valence electrons. The molecule has 0 fully saturated rings. The molecule has 23 heavy (non-hydrogen) atoms. The topological polar surface area (TPSA) is 41.8 Å². The van der Waals surface area contributed by atoms with Gasteiger partial charge >= 0.3 is 0 Å². The highest BCUT2D eigenvalue weighted by Crippen LogP contribution is 2.35. The first-order valence-corrected chi connectivity index (χ1v) is 8.56. The number of unbranched alkanes of at least 4 members (excludes halogenated alkanes) is 1. The van der Waals surface area contributed by atoms with Crippen LogP contribution in [0.4, 0.5) is 0 Å². The number of nitrogens with two attached hydrogens (primary N) is 1. The molecule has 1 aromatic heterocycles. The van der Waals surface area contributed by atoms with E-state index in [1.807, 2.05) is 18.2 Å². The van der Waals surface area contributed by atoms with Crippen molar-refractivity contribution in [1.29, 1.82) is 0 Å². The molecule has 0 atom stereocenters. The first-order valence-electron chi connectivity index (χ1n) is 8.18. The zero-order valence-corrected chi connectivity index (χ0v) is 14.5. The molecule has 3 heteroatoms. The number of hydrogen-bond donors (Lipinski definition) is 2. The van der Waals surface area contributed by atoms with E-state index in [0.717, 1.165) is 36.4 Å². The van der Waals surface area contributed by atoms with Gasteiger partial charge in [0.15, 0.2) is 0 Å². The molecule has 0 aliphatic heterocycles. The first-order chi connectivity index (χ1) is 11.1. The van der Waals surface area contributed by atoms with E-state index in [1.54, 1.807) is 0 Å². The van der Waals surface area contributed by atoms with Crippen molar-refractivity contribution in [3.63, 3.8) is 0 Å². The molecule has 0 radical (unpaired) electrons. The Labute approximate surface area is 142 Å². The molecule has 0 saturated carbocycles. The van der Waals surface area contributed by atoms with Crippen LogP contribution < -0.4 is 5.73 Å². The van der Waals surface area contributed by atoms with Gasteiger partial charge in [0.25, 0.3) is 0 Å². The maximum atomic E-state index is 6.20. The second kappa shape index (κ2) is 6.77. The Morgan fingerprint density at radius 1 is 1.04 bits per heavy atom. The van der Waals surface area contributed by atoms with Crippen LogP contribution in [0.5, 0.6) is 0 Å². The molecule has 2 nitrogen and oxygen atoms in total. The van der Waals surface area contributed by atoms with Crippen molar-refractivity contribution in [3.8, 4) is 11.3 Å². The second-order valence-electron chi connectivity index (χ2n) is 6.18.